The normalized spacial score (nSPS) is 10.8. The Morgan fingerprint density at radius 1 is 1.25 bits per heavy atom. The first kappa shape index (κ1) is 14.4. The summed E-state index contributed by atoms with van der Waals surface area (Å²) >= 11 is 0. The van der Waals surface area contributed by atoms with Gasteiger partial charge in [0.15, 0.2) is 0 Å². The summed E-state index contributed by atoms with van der Waals surface area (Å²) in [7, 11) is 0. The van der Waals surface area contributed by atoms with E-state index >= 15 is 0 Å². The van der Waals surface area contributed by atoms with E-state index in [2.05, 4.69) is 25.9 Å². The van der Waals surface area contributed by atoms with E-state index in [0.717, 1.165) is 30.0 Å². The van der Waals surface area contributed by atoms with Gasteiger partial charge in [0.1, 0.15) is 5.75 Å². The van der Waals surface area contributed by atoms with Crippen LogP contribution in [0.3, 0.4) is 0 Å². The third-order valence-corrected chi connectivity index (χ3v) is 3.50. The Balaban J connectivity index is 2.43. The van der Waals surface area contributed by atoms with Gasteiger partial charge in [-0.15, -0.1) is 0 Å². The van der Waals surface area contributed by atoms with Crippen LogP contribution in [-0.4, -0.2) is 16.4 Å². The highest BCUT2D eigenvalue weighted by Crippen LogP contribution is 2.26. The van der Waals surface area contributed by atoms with Crippen LogP contribution >= 0.6 is 0 Å². The molecular formula is C16H23N3O. The molecule has 20 heavy (non-hydrogen) atoms. The highest BCUT2D eigenvalue weighted by atomic mass is 16.5. The molecule has 0 atom stereocenters. The molecule has 4 heteroatoms. The van der Waals surface area contributed by atoms with Crippen molar-refractivity contribution in [2.45, 2.75) is 40.5 Å². The molecule has 0 saturated carbocycles. The number of nitrogen functional groups attached to an aromatic ring is 1. The number of rotatable bonds is 5. The molecule has 108 valence electrons. The Kier molecular flexibility index (Phi) is 4.32. The molecule has 0 fully saturated rings. The Morgan fingerprint density at radius 2 is 2.00 bits per heavy atom. The lowest BCUT2D eigenvalue weighted by atomic mass is 10.1. The molecule has 0 aliphatic heterocycles. The summed E-state index contributed by atoms with van der Waals surface area (Å²) in [6.07, 6.45) is 1.95. The fourth-order valence-corrected chi connectivity index (χ4v) is 2.43. The first-order valence-corrected chi connectivity index (χ1v) is 7.16. The number of aryl methyl sites for hydroxylation is 1. The van der Waals surface area contributed by atoms with Crippen molar-refractivity contribution < 1.29 is 4.74 Å². The van der Waals surface area contributed by atoms with Gasteiger partial charge in [0, 0.05) is 11.8 Å². The number of hydrogen-bond donors (Lipinski definition) is 1. The molecule has 0 bridgehead atoms. The molecule has 0 radical (unpaired) electrons. The highest BCUT2D eigenvalue weighted by Gasteiger charge is 2.12. The van der Waals surface area contributed by atoms with Gasteiger partial charge in [-0.05, 0) is 44.4 Å². The zero-order chi connectivity index (χ0) is 14.7. The molecule has 2 N–H and O–H groups in total. The first-order valence-electron chi connectivity index (χ1n) is 7.16. The monoisotopic (exact) mass is 273 g/mol. The van der Waals surface area contributed by atoms with Gasteiger partial charge < -0.3 is 10.5 Å². The van der Waals surface area contributed by atoms with Crippen molar-refractivity contribution in [3.8, 4) is 11.4 Å². The third-order valence-electron chi connectivity index (χ3n) is 3.50. The van der Waals surface area contributed by atoms with Gasteiger partial charge in [0.05, 0.1) is 23.7 Å². The molecule has 0 amide bonds. The van der Waals surface area contributed by atoms with Crippen LogP contribution in [-0.2, 0) is 6.42 Å². The second-order valence-electron chi connectivity index (χ2n) is 4.99. The SMILES string of the molecule is CCCOc1cc(-n2nc(C)c(CC)c2C)ccc1N. The van der Waals surface area contributed by atoms with E-state index in [1.165, 1.54) is 11.3 Å². The minimum Gasteiger partial charge on any atom is -0.491 e. The van der Waals surface area contributed by atoms with Crippen molar-refractivity contribution in [2.75, 3.05) is 12.3 Å². The number of nitrogens with two attached hydrogens (primary N) is 1. The van der Waals surface area contributed by atoms with Crippen LogP contribution in [0.4, 0.5) is 5.69 Å². The van der Waals surface area contributed by atoms with Gasteiger partial charge in [-0.1, -0.05) is 13.8 Å². The van der Waals surface area contributed by atoms with Crippen LogP contribution in [0, 0.1) is 13.8 Å². The van der Waals surface area contributed by atoms with Gasteiger partial charge >= 0.3 is 0 Å². The maximum Gasteiger partial charge on any atom is 0.144 e. The molecule has 4 nitrogen and oxygen atoms in total. The van der Waals surface area contributed by atoms with E-state index in [9.17, 15) is 0 Å². The fraction of sp³-hybridized carbons (Fsp3) is 0.438. The quantitative estimate of drug-likeness (QED) is 0.849. The fourth-order valence-electron chi connectivity index (χ4n) is 2.43. The predicted molar refractivity (Wildman–Crippen MR) is 82.6 cm³/mol. The molecular weight excluding hydrogens is 250 g/mol. The van der Waals surface area contributed by atoms with Gasteiger partial charge in [-0.25, -0.2) is 4.68 Å². The summed E-state index contributed by atoms with van der Waals surface area (Å²) in [4.78, 5) is 0. The van der Waals surface area contributed by atoms with Crippen molar-refractivity contribution in [1.29, 1.82) is 0 Å². The number of ether oxygens (including phenoxy) is 1. The molecule has 0 aliphatic carbocycles. The molecule has 1 heterocycles. The molecule has 0 spiro atoms. The standard InChI is InChI=1S/C16H23N3O/c1-5-9-20-16-10-13(7-8-15(16)17)19-12(4)14(6-2)11(3)18-19/h7-8,10H,5-6,9,17H2,1-4H3. The van der Waals surface area contributed by atoms with Gasteiger partial charge in [0.2, 0.25) is 0 Å². The van der Waals surface area contributed by atoms with E-state index in [-0.39, 0.29) is 0 Å². The average Bonchev–Trinajstić information content (AvgIpc) is 2.72. The maximum absolute atomic E-state index is 5.95. The summed E-state index contributed by atoms with van der Waals surface area (Å²) in [5.74, 6) is 0.731. The summed E-state index contributed by atoms with van der Waals surface area (Å²) in [6.45, 7) is 9.05. The smallest absolute Gasteiger partial charge is 0.144 e. The van der Waals surface area contributed by atoms with Crippen molar-refractivity contribution in [3.63, 3.8) is 0 Å². The van der Waals surface area contributed by atoms with E-state index in [1.807, 2.05) is 29.8 Å². The van der Waals surface area contributed by atoms with Crippen LogP contribution in [0.25, 0.3) is 5.69 Å². The lowest BCUT2D eigenvalue weighted by Crippen LogP contribution is -2.03. The highest BCUT2D eigenvalue weighted by molar-refractivity contribution is 5.57. The van der Waals surface area contributed by atoms with Crippen molar-refractivity contribution >= 4 is 5.69 Å². The summed E-state index contributed by atoms with van der Waals surface area (Å²) in [5.41, 5.74) is 11.2. The van der Waals surface area contributed by atoms with E-state index in [1.54, 1.807) is 0 Å². The average molecular weight is 273 g/mol. The number of anilines is 1. The number of aromatic nitrogens is 2. The zero-order valence-electron chi connectivity index (χ0n) is 12.7. The summed E-state index contributed by atoms with van der Waals surface area (Å²) in [6, 6.07) is 5.82. The predicted octanol–water partition coefficient (Wildman–Crippen LogP) is 3.42. The van der Waals surface area contributed by atoms with Gasteiger partial charge in [-0.3, -0.25) is 0 Å². The lowest BCUT2D eigenvalue weighted by Gasteiger charge is -2.11. The van der Waals surface area contributed by atoms with Gasteiger partial charge in [-0.2, -0.15) is 5.10 Å². The second kappa shape index (κ2) is 5.99. The van der Waals surface area contributed by atoms with E-state index in [0.29, 0.717) is 12.3 Å². The van der Waals surface area contributed by atoms with Crippen LogP contribution < -0.4 is 10.5 Å². The molecule has 1 aromatic heterocycles. The Labute approximate surface area is 120 Å². The number of benzene rings is 1. The lowest BCUT2D eigenvalue weighted by molar-refractivity contribution is 0.319. The number of hydrogen-bond acceptors (Lipinski definition) is 3. The molecule has 0 unspecified atom stereocenters. The molecule has 0 saturated heterocycles. The minimum absolute atomic E-state index is 0.666. The Morgan fingerprint density at radius 3 is 2.60 bits per heavy atom. The van der Waals surface area contributed by atoms with Crippen LogP contribution in [0.1, 0.15) is 37.2 Å². The molecule has 0 aliphatic rings. The van der Waals surface area contributed by atoms with Crippen molar-refractivity contribution in [2.24, 2.45) is 0 Å². The summed E-state index contributed by atoms with van der Waals surface area (Å²) < 4.78 is 7.65. The van der Waals surface area contributed by atoms with E-state index in [4.69, 9.17) is 10.5 Å². The molecule has 2 aromatic rings. The first-order chi connectivity index (χ1) is 9.58. The topological polar surface area (TPSA) is 53.1 Å². The van der Waals surface area contributed by atoms with E-state index < -0.39 is 0 Å². The van der Waals surface area contributed by atoms with Crippen molar-refractivity contribution in [1.82, 2.24) is 9.78 Å². The minimum atomic E-state index is 0.666. The zero-order valence-corrected chi connectivity index (χ0v) is 12.7. The molecule has 2 rings (SSSR count). The number of nitrogens with zero attached hydrogens (tertiary/aromatic N) is 2. The Hall–Kier alpha value is -1.97. The second-order valence-corrected chi connectivity index (χ2v) is 4.99. The van der Waals surface area contributed by atoms with Crippen LogP contribution in [0.2, 0.25) is 0 Å². The largest absolute Gasteiger partial charge is 0.491 e. The van der Waals surface area contributed by atoms with Crippen LogP contribution in [0.5, 0.6) is 5.75 Å². The van der Waals surface area contributed by atoms with Gasteiger partial charge in [0.25, 0.3) is 0 Å². The summed E-state index contributed by atoms with van der Waals surface area (Å²) in [5, 5.41) is 4.62. The molecule has 1 aromatic carbocycles. The van der Waals surface area contributed by atoms with Crippen molar-refractivity contribution in [3.05, 3.63) is 35.2 Å². The maximum atomic E-state index is 5.95. The Bertz CT molecular complexity index is 602. The van der Waals surface area contributed by atoms with Crippen LogP contribution in [0.15, 0.2) is 18.2 Å². The third kappa shape index (κ3) is 2.64.